The van der Waals surface area contributed by atoms with E-state index in [9.17, 15) is 5.11 Å². The molecule has 0 aliphatic carbocycles. The Morgan fingerprint density at radius 1 is 1.64 bits per heavy atom. The number of hydrogen-bond acceptors (Lipinski definition) is 3. The molecule has 0 heterocycles. The van der Waals surface area contributed by atoms with Gasteiger partial charge in [0.05, 0.1) is 18.5 Å². The number of benzene rings is 1. The van der Waals surface area contributed by atoms with Gasteiger partial charge in [0.15, 0.2) is 0 Å². The average Bonchev–Trinajstić information content (AvgIpc) is 2.20. The van der Waals surface area contributed by atoms with Crippen LogP contribution in [0.3, 0.4) is 0 Å². The SMILES string of the molecule is C=C[C@@H](N)c1cc(CC#N)ccc1O. The van der Waals surface area contributed by atoms with Crippen LogP contribution < -0.4 is 5.73 Å². The van der Waals surface area contributed by atoms with Crippen LogP contribution in [0.4, 0.5) is 0 Å². The maximum atomic E-state index is 9.49. The highest BCUT2D eigenvalue weighted by atomic mass is 16.3. The predicted molar refractivity (Wildman–Crippen MR) is 54.5 cm³/mol. The van der Waals surface area contributed by atoms with E-state index in [1.54, 1.807) is 24.3 Å². The average molecular weight is 188 g/mol. The molecule has 3 nitrogen and oxygen atoms in total. The van der Waals surface area contributed by atoms with Crippen LogP contribution in [0.2, 0.25) is 0 Å². The lowest BCUT2D eigenvalue weighted by molar-refractivity contribution is 0.465. The van der Waals surface area contributed by atoms with Gasteiger partial charge in [0.1, 0.15) is 5.75 Å². The van der Waals surface area contributed by atoms with E-state index in [0.717, 1.165) is 5.56 Å². The maximum Gasteiger partial charge on any atom is 0.120 e. The van der Waals surface area contributed by atoms with Crippen LogP contribution in [0.1, 0.15) is 17.2 Å². The minimum absolute atomic E-state index is 0.138. The van der Waals surface area contributed by atoms with Crippen LogP contribution in [0, 0.1) is 11.3 Å². The summed E-state index contributed by atoms with van der Waals surface area (Å²) < 4.78 is 0. The number of phenols is 1. The second-order valence-electron chi connectivity index (χ2n) is 2.99. The van der Waals surface area contributed by atoms with Gasteiger partial charge in [-0.05, 0) is 17.7 Å². The van der Waals surface area contributed by atoms with Gasteiger partial charge in [0.2, 0.25) is 0 Å². The lowest BCUT2D eigenvalue weighted by Gasteiger charge is -2.09. The van der Waals surface area contributed by atoms with Crippen LogP contribution in [0.5, 0.6) is 5.75 Å². The molecule has 0 fully saturated rings. The van der Waals surface area contributed by atoms with E-state index in [1.165, 1.54) is 0 Å². The molecular weight excluding hydrogens is 176 g/mol. The molecule has 14 heavy (non-hydrogen) atoms. The summed E-state index contributed by atoms with van der Waals surface area (Å²) >= 11 is 0. The van der Waals surface area contributed by atoms with E-state index in [2.05, 4.69) is 6.58 Å². The first kappa shape index (κ1) is 10.3. The molecule has 1 aromatic carbocycles. The predicted octanol–water partition coefficient (Wildman–Crippen LogP) is 1.64. The molecule has 1 atom stereocenters. The number of nitrogens with two attached hydrogens (primary N) is 1. The van der Waals surface area contributed by atoms with Crippen LogP contribution in [-0.4, -0.2) is 5.11 Å². The summed E-state index contributed by atoms with van der Waals surface area (Å²) in [5.74, 6) is 0.138. The first-order chi connectivity index (χ1) is 6.69. The third-order valence-electron chi connectivity index (χ3n) is 1.99. The highest BCUT2D eigenvalue weighted by molar-refractivity contribution is 5.40. The summed E-state index contributed by atoms with van der Waals surface area (Å²) in [6.45, 7) is 3.55. The fourth-order valence-corrected chi connectivity index (χ4v) is 1.20. The first-order valence-electron chi connectivity index (χ1n) is 4.26. The fraction of sp³-hybridized carbons (Fsp3) is 0.182. The first-order valence-corrected chi connectivity index (χ1v) is 4.26. The number of phenolic OH excluding ortho intramolecular Hbond substituents is 1. The number of aromatic hydroxyl groups is 1. The van der Waals surface area contributed by atoms with Gasteiger partial charge in [-0.25, -0.2) is 0 Å². The summed E-state index contributed by atoms with van der Waals surface area (Å²) in [7, 11) is 0. The molecule has 0 aliphatic rings. The Labute approximate surface area is 83.1 Å². The normalized spacial score (nSPS) is 11.7. The van der Waals surface area contributed by atoms with Crippen molar-refractivity contribution < 1.29 is 5.11 Å². The Kier molecular flexibility index (Phi) is 3.27. The van der Waals surface area contributed by atoms with Gasteiger partial charge in [0, 0.05) is 5.56 Å². The Balaban J connectivity index is 3.09. The third kappa shape index (κ3) is 2.12. The van der Waals surface area contributed by atoms with Crippen LogP contribution in [0.15, 0.2) is 30.9 Å². The molecule has 0 aromatic heterocycles. The van der Waals surface area contributed by atoms with Crippen molar-refractivity contribution in [2.24, 2.45) is 5.73 Å². The zero-order chi connectivity index (χ0) is 10.6. The Morgan fingerprint density at radius 2 is 2.36 bits per heavy atom. The highest BCUT2D eigenvalue weighted by Gasteiger charge is 2.07. The van der Waals surface area contributed by atoms with Gasteiger partial charge in [-0.3, -0.25) is 0 Å². The molecule has 0 spiro atoms. The van der Waals surface area contributed by atoms with E-state index < -0.39 is 6.04 Å². The molecule has 0 radical (unpaired) electrons. The molecule has 0 amide bonds. The van der Waals surface area contributed by atoms with Crippen molar-refractivity contribution in [3.05, 3.63) is 42.0 Å². The van der Waals surface area contributed by atoms with Crippen molar-refractivity contribution in [1.29, 1.82) is 5.26 Å². The Morgan fingerprint density at radius 3 is 2.93 bits per heavy atom. The van der Waals surface area contributed by atoms with Gasteiger partial charge < -0.3 is 10.8 Å². The summed E-state index contributed by atoms with van der Waals surface area (Å²) in [6, 6.07) is 6.62. The van der Waals surface area contributed by atoms with Gasteiger partial charge in [-0.1, -0.05) is 12.1 Å². The molecule has 0 unspecified atom stereocenters. The molecule has 0 aliphatic heterocycles. The molecule has 0 saturated heterocycles. The standard InChI is InChI=1S/C11H12N2O/c1-2-10(13)9-7-8(5-6-12)3-4-11(9)14/h2-4,7,10,14H,1,5,13H2/t10-/m1/s1. The number of nitriles is 1. The minimum Gasteiger partial charge on any atom is -0.508 e. The van der Waals surface area contributed by atoms with Crippen molar-refractivity contribution in [3.63, 3.8) is 0 Å². The van der Waals surface area contributed by atoms with E-state index in [4.69, 9.17) is 11.0 Å². The summed E-state index contributed by atoms with van der Waals surface area (Å²) in [6.07, 6.45) is 1.86. The van der Waals surface area contributed by atoms with Gasteiger partial charge in [-0.15, -0.1) is 6.58 Å². The lowest BCUT2D eigenvalue weighted by Crippen LogP contribution is -2.07. The second-order valence-corrected chi connectivity index (χ2v) is 2.99. The Hall–Kier alpha value is -1.79. The largest absolute Gasteiger partial charge is 0.508 e. The molecule has 72 valence electrons. The maximum absolute atomic E-state index is 9.49. The van der Waals surface area contributed by atoms with Crippen molar-refractivity contribution in [1.82, 2.24) is 0 Å². The van der Waals surface area contributed by atoms with Crippen LogP contribution >= 0.6 is 0 Å². The zero-order valence-corrected chi connectivity index (χ0v) is 7.77. The number of hydrogen-bond donors (Lipinski definition) is 2. The third-order valence-corrected chi connectivity index (χ3v) is 1.99. The zero-order valence-electron chi connectivity index (χ0n) is 7.77. The summed E-state index contributed by atoms with van der Waals surface area (Å²) in [5.41, 5.74) is 7.15. The van der Waals surface area contributed by atoms with E-state index in [1.807, 2.05) is 6.07 Å². The smallest absolute Gasteiger partial charge is 0.120 e. The summed E-state index contributed by atoms with van der Waals surface area (Å²) in [5, 5.41) is 18.0. The van der Waals surface area contributed by atoms with Gasteiger partial charge in [0.25, 0.3) is 0 Å². The molecular formula is C11H12N2O. The van der Waals surface area contributed by atoms with E-state index >= 15 is 0 Å². The van der Waals surface area contributed by atoms with E-state index in [-0.39, 0.29) is 5.75 Å². The molecule has 1 aromatic rings. The molecule has 1 rings (SSSR count). The number of nitrogens with zero attached hydrogens (tertiary/aromatic N) is 1. The number of rotatable bonds is 3. The minimum atomic E-state index is -0.395. The van der Waals surface area contributed by atoms with Crippen LogP contribution in [0.25, 0.3) is 0 Å². The second kappa shape index (κ2) is 4.45. The molecule has 0 bridgehead atoms. The van der Waals surface area contributed by atoms with Gasteiger partial charge >= 0.3 is 0 Å². The quantitative estimate of drug-likeness (QED) is 0.708. The van der Waals surface area contributed by atoms with Gasteiger partial charge in [-0.2, -0.15) is 5.26 Å². The van der Waals surface area contributed by atoms with Crippen molar-refractivity contribution in [2.75, 3.05) is 0 Å². The molecule has 3 N–H and O–H groups in total. The lowest BCUT2D eigenvalue weighted by atomic mass is 10.0. The monoisotopic (exact) mass is 188 g/mol. The van der Waals surface area contributed by atoms with Crippen molar-refractivity contribution >= 4 is 0 Å². The van der Waals surface area contributed by atoms with E-state index in [0.29, 0.717) is 12.0 Å². The van der Waals surface area contributed by atoms with Crippen LogP contribution in [-0.2, 0) is 6.42 Å². The molecule has 3 heteroatoms. The topological polar surface area (TPSA) is 70.0 Å². The van der Waals surface area contributed by atoms with Crippen molar-refractivity contribution in [2.45, 2.75) is 12.5 Å². The Bertz CT molecular complexity index is 379. The highest BCUT2D eigenvalue weighted by Crippen LogP contribution is 2.24. The molecule has 0 saturated carbocycles. The van der Waals surface area contributed by atoms with Crippen molar-refractivity contribution in [3.8, 4) is 11.8 Å². The fourth-order valence-electron chi connectivity index (χ4n) is 1.20. The summed E-state index contributed by atoms with van der Waals surface area (Å²) in [4.78, 5) is 0.